The van der Waals surface area contributed by atoms with E-state index in [1.807, 2.05) is 0 Å². The summed E-state index contributed by atoms with van der Waals surface area (Å²) in [6.07, 6.45) is 73.3. The fourth-order valence-corrected chi connectivity index (χ4v) is 15.2. The molecular weight excluding hydrogens is 995 g/mol. The predicted octanol–water partition coefficient (Wildman–Crippen LogP) is 18.9. The van der Waals surface area contributed by atoms with Crippen LogP contribution in [-0.4, -0.2) is 62.9 Å². The molecule has 0 aromatic rings. The van der Waals surface area contributed by atoms with E-state index < -0.39 is 11.9 Å². The van der Waals surface area contributed by atoms with Crippen LogP contribution in [0.5, 0.6) is 0 Å². The predicted molar refractivity (Wildman–Crippen MR) is 350 cm³/mol. The molecule has 0 heterocycles. The number of hydrogen-bond donors (Lipinski definition) is 4. The van der Waals surface area contributed by atoms with Crippen molar-refractivity contribution in [2.45, 2.75) is 387 Å². The molecule has 2 aliphatic rings. The molecule has 0 amide bonds. The van der Waals surface area contributed by atoms with Gasteiger partial charge in [-0.05, 0) is 124 Å². The van der Waals surface area contributed by atoms with Gasteiger partial charge in [-0.3, -0.25) is 9.59 Å². The second-order valence-electron chi connectivity index (χ2n) is 26.3. The van der Waals surface area contributed by atoms with Crippen LogP contribution in [-0.2, 0) is 9.59 Å². The Morgan fingerprint density at radius 2 is 0.463 bits per heavy atom. The number of aliphatic hydroxyl groups is 2. The van der Waals surface area contributed by atoms with Gasteiger partial charge in [-0.25, -0.2) is 0 Å². The zero-order valence-corrected chi connectivity index (χ0v) is 54.2. The SMILES string of the molecule is CCCCCCCC1C(CCCCC)CCC(CCCCCCCCC(=O)O)C1CCCCCCCCC(=O)O.CCCCCCCC1C(CCCCC)CCC(CCCCCCCCCO)C1CCCCCCCCCO.[AlH3].[H-].[Li+]. The van der Waals surface area contributed by atoms with Gasteiger partial charge in [0.25, 0.3) is 0 Å². The van der Waals surface area contributed by atoms with Crippen LogP contribution in [0.2, 0.25) is 0 Å². The first-order valence-electron chi connectivity index (χ1n) is 35.9. The van der Waals surface area contributed by atoms with Gasteiger partial charge >= 0.3 is 30.8 Å². The molecule has 6 nitrogen and oxygen atoms in total. The van der Waals surface area contributed by atoms with Gasteiger partial charge in [-0.2, -0.15) is 0 Å². The van der Waals surface area contributed by atoms with E-state index in [4.69, 9.17) is 20.4 Å². The summed E-state index contributed by atoms with van der Waals surface area (Å²) in [7, 11) is 0. The molecule has 2 aliphatic carbocycles. The summed E-state index contributed by atoms with van der Waals surface area (Å²) in [6, 6.07) is 0. The standard InChI is InChI=1S/C36H68O4.C36H72O2.Al.Li.4H/c1-3-5-7-12-19-25-33-31(23-17-6-4-2)29-30-32(24-18-13-8-10-15-21-27-35(37)38)34(33)26-20-14-9-11-16-22-28-36(39)40;1-3-5-7-14-21-27-35-33(25-19-6-4-2)29-30-34(26-20-15-10-8-12-17-23-31-37)36(35)28-22-16-11-9-13-18-24-32-38;;;;;;/h31-34H,3-30H2,1-2H3,(H,37,38)(H,39,40);33-38H,3-32H2,1-2H3;;;;;;/q;;;+1;;;;-1. The maximum Gasteiger partial charge on any atom is 1.00 e. The van der Waals surface area contributed by atoms with Crippen LogP contribution in [0.25, 0.3) is 0 Å². The average molecular weight is 1140 g/mol. The van der Waals surface area contributed by atoms with E-state index in [1.54, 1.807) is 0 Å². The molecule has 0 radical (unpaired) electrons. The topological polar surface area (TPSA) is 115 Å². The van der Waals surface area contributed by atoms with Gasteiger partial charge in [0.1, 0.15) is 0 Å². The van der Waals surface area contributed by atoms with Crippen molar-refractivity contribution < 1.29 is 50.3 Å². The minimum atomic E-state index is -0.658. The second kappa shape index (κ2) is 62.1. The smallest absolute Gasteiger partial charge is 1.00 e. The van der Waals surface area contributed by atoms with Crippen molar-refractivity contribution in [3.63, 3.8) is 0 Å². The molecular formula is C72H144AlLiO6. The molecule has 8 heteroatoms. The van der Waals surface area contributed by atoms with Crippen LogP contribution in [0.1, 0.15) is 389 Å². The van der Waals surface area contributed by atoms with Gasteiger partial charge in [0.2, 0.25) is 0 Å². The number of rotatable bonds is 56. The molecule has 2 rings (SSSR count). The van der Waals surface area contributed by atoms with E-state index in [0.717, 1.165) is 85.9 Å². The van der Waals surface area contributed by atoms with E-state index in [0.29, 0.717) is 26.1 Å². The first kappa shape index (κ1) is 82.1. The first-order chi connectivity index (χ1) is 38.3. The third-order valence-corrected chi connectivity index (χ3v) is 19.8. The fourth-order valence-electron chi connectivity index (χ4n) is 15.2. The average Bonchev–Trinajstić information content (AvgIpc) is 3.44. The Hall–Kier alpha value is -0.0101. The largest absolute Gasteiger partial charge is 1.00 e. The van der Waals surface area contributed by atoms with E-state index in [-0.39, 0.29) is 37.6 Å². The van der Waals surface area contributed by atoms with Crippen LogP contribution in [0.4, 0.5) is 0 Å². The molecule has 0 saturated heterocycles. The summed E-state index contributed by atoms with van der Waals surface area (Å²) in [5.74, 6) is 6.41. The monoisotopic (exact) mass is 1140 g/mol. The summed E-state index contributed by atoms with van der Waals surface area (Å²) >= 11 is 0. The van der Waals surface area contributed by atoms with Gasteiger partial charge in [0, 0.05) is 26.1 Å². The number of unbranched alkanes of at least 4 members (excludes halogenated alkanes) is 34. The summed E-state index contributed by atoms with van der Waals surface area (Å²) < 4.78 is 0. The van der Waals surface area contributed by atoms with Crippen molar-refractivity contribution in [2.75, 3.05) is 13.2 Å². The molecule has 0 aliphatic heterocycles. The third-order valence-electron chi connectivity index (χ3n) is 19.8. The summed E-state index contributed by atoms with van der Waals surface area (Å²) in [6.45, 7) is 10.1. The quantitative estimate of drug-likeness (QED) is 0.0356. The van der Waals surface area contributed by atoms with Gasteiger partial charge in [-0.1, -0.05) is 297 Å². The first-order valence-corrected chi connectivity index (χ1v) is 35.9. The molecule has 4 N–H and O–H groups in total. The second-order valence-corrected chi connectivity index (χ2v) is 26.3. The van der Waals surface area contributed by atoms with E-state index in [1.165, 1.54) is 308 Å². The van der Waals surface area contributed by atoms with E-state index in [2.05, 4.69) is 27.7 Å². The molecule has 472 valence electrons. The number of carboxylic acids is 2. The summed E-state index contributed by atoms with van der Waals surface area (Å²) in [4.78, 5) is 21.5. The number of carbonyl (C=O) groups is 2. The molecule has 0 aromatic heterocycles. The molecule has 2 fully saturated rings. The maximum absolute atomic E-state index is 10.8. The molecule has 8 unspecified atom stereocenters. The number of carboxylic acid groups (broad SMARTS) is 2. The Morgan fingerprint density at radius 1 is 0.287 bits per heavy atom. The van der Waals surface area contributed by atoms with Crippen LogP contribution in [0.3, 0.4) is 0 Å². The summed E-state index contributed by atoms with van der Waals surface area (Å²) in [5.41, 5.74) is 0. The number of aliphatic carboxylic acids is 2. The Kier molecular flexibility index (Phi) is 63.6. The summed E-state index contributed by atoms with van der Waals surface area (Å²) in [5, 5.41) is 35.7. The Balaban J connectivity index is -0.00000145. The van der Waals surface area contributed by atoms with Gasteiger partial charge < -0.3 is 21.9 Å². The third kappa shape index (κ3) is 46.2. The molecule has 8 atom stereocenters. The fraction of sp³-hybridized carbons (Fsp3) is 0.972. The minimum absolute atomic E-state index is 0. The van der Waals surface area contributed by atoms with Crippen molar-refractivity contribution in [3.8, 4) is 0 Å². The Labute approximate surface area is 524 Å². The zero-order chi connectivity index (χ0) is 56.8. The molecule has 0 spiro atoms. The van der Waals surface area contributed by atoms with Crippen molar-refractivity contribution in [1.29, 1.82) is 0 Å². The maximum atomic E-state index is 10.8. The van der Waals surface area contributed by atoms with Crippen molar-refractivity contribution in [3.05, 3.63) is 0 Å². The normalized spacial score (nSPS) is 20.9. The van der Waals surface area contributed by atoms with Gasteiger partial charge in [-0.15, -0.1) is 0 Å². The van der Waals surface area contributed by atoms with Gasteiger partial charge in [0.15, 0.2) is 17.4 Å². The van der Waals surface area contributed by atoms with Gasteiger partial charge in [0.05, 0.1) is 0 Å². The molecule has 80 heavy (non-hydrogen) atoms. The molecule has 2 saturated carbocycles. The Bertz CT molecular complexity index is 1280. The molecule has 0 bridgehead atoms. The zero-order valence-electron chi connectivity index (χ0n) is 55.2. The van der Waals surface area contributed by atoms with Crippen LogP contribution in [0.15, 0.2) is 0 Å². The molecule has 0 aromatic carbocycles. The Morgan fingerprint density at radius 3 is 0.688 bits per heavy atom. The number of aliphatic hydroxyl groups excluding tert-OH is 2. The van der Waals surface area contributed by atoms with Crippen molar-refractivity contribution in [2.24, 2.45) is 47.3 Å². The van der Waals surface area contributed by atoms with Crippen LogP contribution in [0, 0.1) is 47.3 Å². The van der Waals surface area contributed by atoms with Crippen LogP contribution < -0.4 is 18.9 Å². The van der Waals surface area contributed by atoms with Crippen molar-refractivity contribution in [1.82, 2.24) is 0 Å². The van der Waals surface area contributed by atoms with E-state index in [9.17, 15) is 9.59 Å². The minimum Gasteiger partial charge on any atom is -1.00 e. The number of hydrogen-bond acceptors (Lipinski definition) is 4. The van der Waals surface area contributed by atoms with Crippen molar-refractivity contribution >= 4 is 29.3 Å². The van der Waals surface area contributed by atoms with E-state index >= 15 is 0 Å². The van der Waals surface area contributed by atoms with Crippen LogP contribution >= 0.6 is 0 Å².